The minimum atomic E-state index is -0.616. The van der Waals surface area contributed by atoms with Crippen molar-refractivity contribution in [1.82, 2.24) is 0 Å². The first-order chi connectivity index (χ1) is 14.1. The number of benzene rings is 2. The second kappa shape index (κ2) is 8.60. The molecule has 1 fully saturated rings. The number of hydrogen-bond donors (Lipinski definition) is 1. The fraction of sp³-hybridized carbons (Fsp3) is 0.440. The number of ether oxygens (including phenoxy) is 1. The zero-order valence-electron chi connectivity index (χ0n) is 18.7. The molecule has 160 valence electrons. The molecule has 0 bridgehead atoms. The van der Waals surface area contributed by atoms with E-state index in [9.17, 15) is 9.59 Å². The normalized spacial score (nSPS) is 15.2. The van der Waals surface area contributed by atoms with Crippen LogP contribution in [-0.2, 0) is 20.9 Å². The monoisotopic (exact) mass is 409 g/mol. The van der Waals surface area contributed by atoms with Crippen LogP contribution in [0.3, 0.4) is 0 Å². The van der Waals surface area contributed by atoms with Crippen molar-refractivity contribution in [1.29, 1.82) is 0 Å². The largest absolute Gasteiger partial charge is 0.457 e. The molecule has 1 aliphatic rings. The van der Waals surface area contributed by atoms with E-state index >= 15 is 0 Å². The van der Waals surface area contributed by atoms with Crippen molar-refractivity contribution in [3.63, 3.8) is 0 Å². The zero-order valence-corrected chi connectivity index (χ0v) is 18.7. The molecule has 0 aliphatic heterocycles. The third kappa shape index (κ3) is 4.41. The van der Waals surface area contributed by atoms with Gasteiger partial charge in [-0.15, -0.1) is 0 Å². The lowest BCUT2D eigenvalue weighted by Crippen LogP contribution is -2.70. The van der Waals surface area contributed by atoms with E-state index in [1.807, 2.05) is 58.3 Å². The Labute approximate surface area is 179 Å². The van der Waals surface area contributed by atoms with Crippen LogP contribution < -0.4 is 5.32 Å². The van der Waals surface area contributed by atoms with Gasteiger partial charge in [0.15, 0.2) is 12.1 Å². The molecule has 3 rings (SSSR count). The summed E-state index contributed by atoms with van der Waals surface area (Å²) in [6.45, 7) is 6.50. The summed E-state index contributed by atoms with van der Waals surface area (Å²) < 4.78 is 5.78. The quantitative estimate of drug-likeness (QED) is 0.548. The Morgan fingerprint density at radius 2 is 1.63 bits per heavy atom. The number of esters is 1. The molecule has 1 aliphatic carbocycles. The summed E-state index contributed by atoms with van der Waals surface area (Å²) in [7, 11) is 3.91. The highest BCUT2D eigenvalue weighted by Gasteiger charge is 2.57. The lowest BCUT2D eigenvalue weighted by molar-refractivity contribution is -0.931. The van der Waals surface area contributed by atoms with Crippen molar-refractivity contribution in [3.8, 4) is 0 Å². The van der Waals surface area contributed by atoms with Gasteiger partial charge in [-0.1, -0.05) is 48.0 Å². The van der Waals surface area contributed by atoms with Crippen LogP contribution in [0, 0.1) is 20.8 Å². The Morgan fingerprint density at radius 3 is 2.17 bits per heavy atom. The molecule has 0 heterocycles. The minimum Gasteiger partial charge on any atom is -0.457 e. The maximum atomic E-state index is 13.4. The highest BCUT2D eigenvalue weighted by Crippen LogP contribution is 2.42. The van der Waals surface area contributed by atoms with E-state index < -0.39 is 5.54 Å². The Balaban J connectivity index is 1.71. The van der Waals surface area contributed by atoms with Crippen molar-refractivity contribution in [2.75, 3.05) is 26.0 Å². The van der Waals surface area contributed by atoms with Gasteiger partial charge in [-0.25, -0.2) is 4.79 Å². The summed E-state index contributed by atoms with van der Waals surface area (Å²) in [5.41, 5.74) is 4.51. The van der Waals surface area contributed by atoms with Crippen LogP contribution in [0.15, 0.2) is 42.5 Å². The Hall–Kier alpha value is -2.66. The number of carbonyl (C=O) groups is 2. The van der Waals surface area contributed by atoms with E-state index in [0.717, 1.165) is 41.6 Å². The van der Waals surface area contributed by atoms with Gasteiger partial charge in [-0.2, -0.15) is 0 Å². The molecule has 2 aromatic carbocycles. The van der Waals surface area contributed by atoms with Crippen molar-refractivity contribution in [2.24, 2.45) is 0 Å². The zero-order chi connectivity index (χ0) is 21.9. The van der Waals surface area contributed by atoms with Crippen molar-refractivity contribution < 1.29 is 18.8 Å². The van der Waals surface area contributed by atoms with Crippen molar-refractivity contribution in [3.05, 3.63) is 64.7 Å². The van der Waals surface area contributed by atoms with Gasteiger partial charge in [0.05, 0.1) is 14.1 Å². The maximum absolute atomic E-state index is 13.4. The van der Waals surface area contributed by atoms with Gasteiger partial charge in [0, 0.05) is 18.5 Å². The molecule has 0 unspecified atom stereocenters. The minimum absolute atomic E-state index is 0.00957. The van der Waals surface area contributed by atoms with E-state index in [0.29, 0.717) is 0 Å². The number of amides is 1. The van der Waals surface area contributed by atoms with Crippen LogP contribution in [0.5, 0.6) is 0 Å². The molecule has 1 saturated carbocycles. The number of nitrogens with one attached hydrogen (secondary N) is 1. The number of rotatable bonds is 7. The molecule has 1 amide bonds. The second-order valence-corrected chi connectivity index (χ2v) is 9.10. The molecule has 0 saturated heterocycles. The summed E-state index contributed by atoms with van der Waals surface area (Å²) >= 11 is 0. The van der Waals surface area contributed by atoms with Gasteiger partial charge < -0.3 is 14.5 Å². The van der Waals surface area contributed by atoms with Gasteiger partial charge in [0.2, 0.25) is 0 Å². The van der Waals surface area contributed by atoms with Crippen LogP contribution in [-0.4, -0.2) is 42.5 Å². The fourth-order valence-corrected chi connectivity index (χ4v) is 4.48. The summed E-state index contributed by atoms with van der Waals surface area (Å²) in [6, 6.07) is 13.8. The Kier molecular flexibility index (Phi) is 6.32. The average Bonchev–Trinajstić information content (AvgIpc) is 2.62. The molecule has 1 N–H and O–H groups in total. The molecular weight excluding hydrogens is 376 g/mol. The van der Waals surface area contributed by atoms with Crippen LogP contribution in [0.1, 0.15) is 41.5 Å². The molecule has 0 spiro atoms. The summed E-state index contributed by atoms with van der Waals surface area (Å²) in [6.07, 6.45) is 2.52. The number of anilines is 1. The lowest BCUT2D eigenvalue weighted by Gasteiger charge is -2.51. The van der Waals surface area contributed by atoms with E-state index in [4.69, 9.17) is 4.74 Å². The van der Waals surface area contributed by atoms with E-state index in [-0.39, 0.29) is 29.5 Å². The molecule has 0 radical (unpaired) electrons. The molecule has 5 nitrogen and oxygen atoms in total. The van der Waals surface area contributed by atoms with Crippen molar-refractivity contribution in [2.45, 2.75) is 52.2 Å². The van der Waals surface area contributed by atoms with Gasteiger partial charge in [-0.05, 0) is 43.9 Å². The highest BCUT2D eigenvalue weighted by atomic mass is 16.5. The molecule has 5 heteroatoms. The average molecular weight is 410 g/mol. The molecule has 0 atom stereocenters. The third-order valence-electron chi connectivity index (χ3n) is 6.44. The predicted molar refractivity (Wildman–Crippen MR) is 119 cm³/mol. The molecule has 0 aromatic heterocycles. The lowest BCUT2D eigenvalue weighted by atomic mass is 9.73. The smallest absolute Gasteiger partial charge is 0.362 e. The molecule has 30 heavy (non-hydrogen) atoms. The SMILES string of the molecule is Cc1cc(C)c(NC(=O)C2([N+](C)(C)CC(=O)OCc3ccccc3)CCC2)c(C)c1. The van der Waals surface area contributed by atoms with E-state index in [1.54, 1.807) is 0 Å². The highest BCUT2D eigenvalue weighted by molar-refractivity contribution is 5.99. The summed E-state index contributed by atoms with van der Waals surface area (Å²) in [5.74, 6) is -0.296. The van der Waals surface area contributed by atoms with Crippen LogP contribution in [0.4, 0.5) is 5.69 Å². The van der Waals surface area contributed by atoms with Gasteiger partial charge in [0.25, 0.3) is 5.91 Å². The number of aryl methyl sites for hydroxylation is 3. The number of likely N-dealkylation sites (N-methyl/N-ethyl adjacent to an activating group) is 1. The first-order valence-electron chi connectivity index (χ1n) is 10.6. The standard InChI is InChI=1S/C25H32N2O3/c1-18-14-19(2)23(20(3)15-18)26-24(29)25(12-9-13-25)27(4,5)16-22(28)30-17-21-10-7-6-8-11-21/h6-8,10-11,14-15H,9,12-13,16-17H2,1-5H3/p+1. The van der Waals surface area contributed by atoms with Crippen molar-refractivity contribution >= 4 is 17.6 Å². The van der Waals surface area contributed by atoms with Gasteiger partial charge in [0.1, 0.15) is 6.61 Å². The number of quaternary nitrogens is 1. The fourth-order valence-electron chi connectivity index (χ4n) is 4.48. The molecular formula is C25H33N2O3+. The third-order valence-corrected chi connectivity index (χ3v) is 6.44. The number of carbonyl (C=O) groups excluding carboxylic acids is 2. The first kappa shape index (κ1) is 22.0. The van der Waals surface area contributed by atoms with E-state index in [2.05, 4.69) is 24.4 Å². The topological polar surface area (TPSA) is 55.4 Å². The molecule has 2 aromatic rings. The maximum Gasteiger partial charge on any atom is 0.362 e. The Bertz CT molecular complexity index is 908. The summed E-state index contributed by atoms with van der Waals surface area (Å²) in [5, 5.41) is 3.18. The van der Waals surface area contributed by atoms with Crippen LogP contribution in [0.2, 0.25) is 0 Å². The number of nitrogens with zero attached hydrogens (tertiary/aromatic N) is 1. The predicted octanol–water partition coefficient (Wildman–Crippen LogP) is 4.29. The van der Waals surface area contributed by atoms with Gasteiger partial charge in [-0.3, -0.25) is 4.79 Å². The van der Waals surface area contributed by atoms with Crippen LogP contribution in [0.25, 0.3) is 0 Å². The first-order valence-corrected chi connectivity index (χ1v) is 10.6. The second-order valence-electron chi connectivity index (χ2n) is 9.10. The van der Waals surface area contributed by atoms with E-state index in [1.165, 1.54) is 5.56 Å². The van der Waals surface area contributed by atoms with Gasteiger partial charge >= 0.3 is 5.97 Å². The summed E-state index contributed by atoms with van der Waals surface area (Å²) in [4.78, 5) is 26.0. The van der Waals surface area contributed by atoms with Crippen LogP contribution >= 0.6 is 0 Å². The number of hydrogen-bond acceptors (Lipinski definition) is 3. The Morgan fingerprint density at radius 1 is 1.03 bits per heavy atom.